The lowest BCUT2D eigenvalue weighted by atomic mass is 10.2. The van der Waals surface area contributed by atoms with Crippen LogP contribution in [-0.2, 0) is 15.9 Å². The third kappa shape index (κ3) is 3.04. The highest BCUT2D eigenvalue weighted by Crippen LogP contribution is 2.20. The van der Waals surface area contributed by atoms with Crippen LogP contribution in [0.1, 0.15) is 27.4 Å². The maximum atomic E-state index is 10.7. The van der Waals surface area contributed by atoms with Crippen LogP contribution in [0.25, 0.3) is 0 Å². The van der Waals surface area contributed by atoms with Crippen LogP contribution in [0, 0.1) is 0 Å². The number of carboxylic acid groups (broad SMARTS) is 1. The fourth-order valence-corrected chi connectivity index (χ4v) is 2.53. The number of carbonyl (C=O) groups is 1. The third-order valence-electron chi connectivity index (χ3n) is 2.43. The van der Waals surface area contributed by atoms with Gasteiger partial charge in [-0.2, -0.15) is 0 Å². The molecular weight excluding hydrogens is 228 g/mol. The van der Waals surface area contributed by atoms with E-state index in [9.17, 15) is 4.79 Å². The third-order valence-corrected chi connectivity index (χ3v) is 3.56. The smallest absolute Gasteiger partial charge is 0.345 e. The zero-order chi connectivity index (χ0) is 11.4. The summed E-state index contributed by atoms with van der Waals surface area (Å²) in [4.78, 5) is 12.2. The van der Waals surface area contributed by atoms with Crippen LogP contribution in [0.2, 0.25) is 0 Å². The predicted octanol–water partition coefficient (Wildman–Crippen LogP) is 2.14. The van der Waals surface area contributed by atoms with Gasteiger partial charge in [0.15, 0.2) is 6.29 Å². The van der Waals surface area contributed by atoms with E-state index in [0.717, 1.165) is 24.1 Å². The molecule has 2 rings (SSSR count). The van der Waals surface area contributed by atoms with Crippen LogP contribution in [-0.4, -0.2) is 30.6 Å². The van der Waals surface area contributed by atoms with Crippen molar-refractivity contribution in [2.75, 3.05) is 13.2 Å². The van der Waals surface area contributed by atoms with Crippen molar-refractivity contribution in [3.63, 3.8) is 0 Å². The molecule has 0 amide bonds. The van der Waals surface area contributed by atoms with Gasteiger partial charge in [0, 0.05) is 4.88 Å². The van der Waals surface area contributed by atoms with Crippen molar-refractivity contribution in [1.29, 1.82) is 0 Å². The second-order valence-corrected chi connectivity index (χ2v) is 4.80. The summed E-state index contributed by atoms with van der Waals surface area (Å²) in [5.41, 5.74) is 0. The summed E-state index contributed by atoms with van der Waals surface area (Å²) in [6.07, 6.45) is 2.67. The molecule has 88 valence electrons. The average Bonchev–Trinajstić information content (AvgIpc) is 2.87. The van der Waals surface area contributed by atoms with Gasteiger partial charge in [0.05, 0.1) is 13.2 Å². The van der Waals surface area contributed by atoms with E-state index in [0.29, 0.717) is 18.1 Å². The lowest BCUT2D eigenvalue weighted by Gasteiger charge is -2.07. The second kappa shape index (κ2) is 5.43. The molecular formula is C11H14O4S. The molecule has 0 atom stereocenters. The van der Waals surface area contributed by atoms with E-state index in [4.69, 9.17) is 14.6 Å². The summed E-state index contributed by atoms with van der Waals surface area (Å²) < 4.78 is 10.6. The normalized spacial score (nSPS) is 16.8. The maximum Gasteiger partial charge on any atom is 0.345 e. The molecule has 0 saturated carbocycles. The van der Waals surface area contributed by atoms with E-state index in [1.165, 1.54) is 11.3 Å². The number of aromatic carboxylic acids is 1. The molecule has 0 aromatic carbocycles. The Morgan fingerprint density at radius 1 is 1.44 bits per heavy atom. The Hall–Kier alpha value is -0.910. The molecule has 1 saturated heterocycles. The molecule has 1 aromatic rings. The first kappa shape index (κ1) is 11.6. The minimum atomic E-state index is -0.848. The quantitative estimate of drug-likeness (QED) is 0.859. The highest BCUT2D eigenvalue weighted by atomic mass is 32.1. The Bertz CT molecular complexity index is 355. The van der Waals surface area contributed by atoms with Gasteiger partial charge in [-0.25, -0.2) is 4.79 Å². The highest BCUT2D eigenvalue weighted by Gasteiger charge is 2.15. The van der Waals surface area contributed by atoms with Crippen molar-refractivity contribution in [2.45, 2.75) is 25.6 Å². The van der Waals surface area contributed by atoms with Crippen LogP contribution in [0.5, 0.6) is 0 Å². The van der Waals surface area contributed by atoms with Gasteiger partial charge in [0.2, 0.25) is 0 Å². The van der Waals surface area contributed by atoms with Crippen molar-refractivity contribution in [3.05, 3.63) is 21.9 Å². The van der Waals surface area contributed by atoms with E-state index in [1.807, 2.05) is 6.07 Å². The first-order valence-electron chi connectivity index (χ1n) is 5.31. The van der Waals surface area contributed by atoms with Crippen molar-refractivity contribution in [3.8, 4) is 0 Å². The summed E-state index contributed by atoms with van der Waals surface area (Å²) in [7, 11) is 0. The van der Waals surface area contributed by atoms with E-state index < -0.39 is 5.97 Å². The molecule has 1 fully saturated rings. The second-order valence-electron chi connectivity index (χ2n) is 3.63. The van der Waals surface area contributed by atoms with E-state index in [-0.39, 0.29) is 6.29 Å². The Labute approximate surface area is 97.8 Å². The monoisotopic (exact) mass is 242 g/mol. The van der Waals surface area contributed by atoms with Crippen molar-refractivity contribution in [1.82, 2.24) is 0 Å². The lowest BCUT2D eigenvalue weighted by Crippen LogP contribution is -2.07. The number of hydrogen-bond donors (Lipinski definition) is 1. The number of rotatable bonds is 5. The molecule has 1 N–H and O–H groups in total. The van der Waals surface area contributed by atoms with Gasteiger partial charge < -0.3 is 14.6 Å². The molecule has 2 heterocycles. The fourth-order valence-electron chi connectivity index (χ4n) is 1.64. The van der Waals surface area contributed by atoms with Crippen LogP contribution < -0.4 is 0 Å². The summed E-state index contributed by atoms with van der Waals surface area (Å²) in [6, 6.07) is 3.54. The van der Waals surface area contributed by atoms with Gasteiger partial charge in [0.25, 0.3) is 0 Å². The molecule has 16 heavy (non-hydrogen) atoms. The molecule has 1 aromatic heterocycles. The summed E-state index contributed by atoms with van der Waals surface area (Å²) >= 11 is 1.34. The number of thiophene rings is 1. The molecule has 1 aliphatic rings. The molecule has 0 bridgehead atoms. The van der Waals surface area contributed by atoms with E-state index in [1.54, 1.807) is 6.07 Å². The number of carboxylic acids is 1. The minimum Gasteiger partial charge on any atom is -0.477 e. The fraction of sp³-hybridized carbons (Fsp3) is 0.545. The SMILES string of the molecule is O=C(O)c1ccc(CCCC2OCCO2)s1. The van der Waals surface area contributed by atoms with Crippen molar-refractivity contribution < 1.29 is 19.4 Å². The Morgan fingerprint density at radius 3 is 2.81 bits per heavy atom. The first-order chi connectivity index (χ1) is 7.75. The number of aryl methyl sites for hydroxylation is 1. The molecule has 0 aliphatic carbocycles. The van der Waals surface area contributed by atoms with Crippen LogP contribution in [0.4, 0.5) is 0 Å². The minimum absolute atomic E-state index is 0.0566. The van der Waals surface area contributed by atoms with Gasteiger partial charge in [-0.3, -0.25) is 0 Å². The van der Waals surface area contributed by atoms with Gasteiger partial charge in [0.1, 0.15) is 4.88 Å². The standard InChI is InChI=1S/C11H14O4S/c12-11(13)9-5-4-8(16-9)2-1-3-10-14-6-7-15-10/h4-5,10H,1-3,6-7H2,(H,12,13). The molecule has 0 radical (unpaired) electrons. The van der Waals surface area contributed by atoms with Crippen molar-refractivity contribution in [2.24, 2.45) is 0 Å². The van der Waals surface area contributed by atoms with Gasteiger partial charge in [-0.05, 0) is 31.4 Å². The van der Waals surface area contributed by atoms with Crippen molar-refractivity contribution >= 4 is 17.3 Å². The largest absolute Gasteiger partial charge is 0.477 e. The summed E-state index contributed by atoms with van der Waals surface area (Å²) in [6.45, 7) is 1.37. The summed E-state index contributed by atoms with van der Waals surface area (Å²) in [5.74, 6) is -0.848. The Morgan fingerprint density at radius 2 is 2.19 bits per heavy atom. The highest BCUT2D eigenvalue weighted by molar-refractivity contribution is 7.13. The van der Waals surface area contributed by atoms with Crippen LogP contribution in [0.15, 0.2) is 12.1 Å². The molecule has 5 heteroatoms. The number of ether oxygens (including phenoxy) is 2. The zero-order valence-electron chi connectivity index (χ0n) is 8.85. The predicted molar refractivity (Wildman–Crippen MR) is 59.9 cm³/mol. The lowest BCUT2D eigenvalue weighted by molar-refractivity contribution is -0.0475. The van der Waals surface area contributed by atoms with E-state index >= 15 is 0 Å². The molecule has 4 nitrogen and oxygen atoms in total. The molecule has 0 unspecified atom stereocenters. The topological polar surface area (TPSA) is 55.8 Å². The maximum absolute atomic E-state index is 10.7. The Kier molecular flexibility index (Phi) is 3.93. The van der Waals surface area contributed by atoms with Gasteiger partial charge >= 0.3 is 5.97 Å². The average molecular weight is 242 g/mol. The van der Waals surface area contributed by atoms with Gasteiger partial charge in [-0.1, -0.05) is 0 Å². The Balaban J connectivity index is 1.74. The number of hydrogen-bond acceptors (Lipinski definition) is 4. The summed E-state index contributed by atoms with van der Waals surface area (Å²) in [5, 5.41) is 8.77. The molecule has 1 aliphatic heterocycles. The zero-order valence-corrected chi connectivity index (χ0v) is 9.66. The molecule has 0 spiro atoms. The first-order valence-corrected chi connectivity index (χ1v) is 6.12. The van der Waals surface area contributed by atoms with E-state index in [2.05, 4.69) is 0 Å². The van der Waals surface area contributed by atoms with Crippen LogP contribution in [0.3, 0.4) is 0 Å². The van der Waals surface area contributed by atoms with Crippen LogP contribution >= 0.6 is 11.3 Å². The van der Waals surface area contributed by atoms with Gasteiger partial charge in [-0.15, -0.1) is 11.3 Å².